The van der Waals surface area contributed by atoms with Gasteiger partial charge in [-0.25, -0.2) is 0 Å². The molecule has 6 heteroatoms. The number of aromatic nitrogens is 2. The predicted molar refractivity (Wildman–Crippen MR) is 89.3 cm³/mol. The Morgan fingerprint density at radius 3 is 3.09 bits per heavy atom. The summed E-state index contributed by atoms with van der Waals surface area (Å²) in [6.45, 7) is 1.67. The predicted octanol–water partition coefficient (Wildman–Crippen LogP) is 1.28. The molecule has 0 radical (unpaired) electrons. The second-order valence-electron chi connectivity index (χ2n) is 6.43. The first-order valence-electron chi connectivity index (χ1n) is 7.96. The van der Waals surface area contributed by atoms with E-state index in [4.69, 9.17) is 4.74 Å². The first kappa shape index (κ1) is 16.0. The number of likely N-dealkylation sites (N-methyl/N-ethyl adjacent to an activating group) is 2. The van der Waals surface area contributed by atoms with E-state index in [-0.39, 0.29) is 12.0 Å². The van der Waals surface area contributed by atoms with Crippen LogP contribution in [0.15, 0.2) is 24.4 Å². The van der Waals surface area contributed by atoms with E-state index in [9.17, 15) is 4.79 Å². The van der Waals surface area contributed by atoms with Crippen molar-refractivity contribution in [1.29, 1.82) is 0 Å². The summed E-state index contributed by atoms with van der Waals surface area (Å²) in [5.74, 6) is 0.141. The van der Waals surface area contributed by atoms with Crippen LogP contribution in [0.4, 0.5) is 0 Å². The van der Waals surface area contributed by atoms with E-state index in [2.05, 4.69) is 22.1 Å². The number of amides is 1. The Hall–Kier alpha value is -1.92. The third-order valence-electron chi connectivity index (χ3n) is 4.75. The summed E-state index contributed by atoms with van der Waals surface area (Å²) in [7, 11) is 5.73. The Morgan fingerprint density at radius 2 is 2.35 bits per heavy atom. The van der Waals surface area contributed by atoms with E-state index < -0.39 is 0 Å². The van der Waals surface area contributed by atoms with Gasteiger partial charge in [-0.15, -0.1) is 0 Å². The summed E-state index contributed by atoms with van der Waals surface area (Å²) in [5, 5.41) is 7.97. The molecule has 1 fully saturated rings. The van der Waals surface area contributed by atoms with Crippen LogP contribution in [0.5, 0.6) is 0 Å². The molecule has 0 bridgehead atoms. The number of carbonyl (C=O) groups excluding carboxylic acids is 1. The minimum Gasteiger partial charge on any atom is -0.380 e. The largest absolute Gasteiger partial charge is 0.380 e. The molecule has 23 heavy (non-hydrogen) atoms. The van der Waals surface area contributed by atoms with Crippen LogP contribution in [0.2, 0.25) is 0 Å². The highest BCUT2D eigenvalue weighted by atomic mass is 16.5. The lowest BCUT2D eigenvalue weighted by Gasteiger charge is -2.25. The number of benzene rings is 1. The summed E-state index contributed by atoms with van der Waals surface area (Å²) >= 11 is 0. The van der Waals surface area contributed by atoms with Gasteiger partial charge in [-0.2, -0.15) is 5.10 Å². The molecule has 0 aliphatic carbocycles. The number of aromatic amines is 1. The van der Waals surface area contributed by atoms with Gasteiger partial charge in [0.2, 0.25) is 5.91 Å². The maximum absolute atomic E-state index is 12.5. The van der Waals surface area contributed by atoms with E-state index in [1.165, 1.54) is 0 Å². The number of rotatable bonds is 5. The summed E-state index contributed by atoms with van der Waals surface area (Å²) in [6, 6.07) is 6.34. The second-order valence-corrected chi connectivity index (χ2v) is 6.43. The molecule has 6 nitrogen and oxygen atoms in total. The van der Waals surface area contributed by atoms with Crippen LogP contribution in [-0.2, 0) is 16.0 Å². The van der Waals surface area contributed by atoms with Crippen molar-refractivity contribution < 1.29 is 9.53 Å². The van der Waals surface area contributed by atoms with Crippen LogP contribution in [0.1, 0.15) is 12.0 Å². The van der Waals surface area contributed by atoms with Gasteiger partial charge in [0.1, 0.15) is 0 Å². The monoisotopic (exact) mass is 316 g/mol. The van der Waals surface area contributed by atoms with Crippen molar-refractivity contribution in [1.82, 2.24) is 20.0 Å². The lowest BCUT2D eigenvalue weighted by atomic mass is 10.1. The fourth-order valence-electron chi connectivity index (χ4n) is 3.24. The molecular formula is C17H24N4O2. The number of hydrogen-bond acceptors (Lipinski definition) is 4. The third kappa shape index (κ3) is 3.54. The van der Waals surface area contributed by atoms with Gasteiger partial charge in [-0.3, -0.25) is 14.8 Å². The number of nitrogens with zero attached hydrogens (tertiary/aromatic N) is 3. The molecular weight excluding hydrogens is 292 g/mol. The number of nitrogens with one attached hydrogen (secondary N) is 1. The quantitative estimate of drug-likeness (QED) is 0.903. The van der Waals surface area contributed by atoms with Gasteiger partial charge >= 0.3 is 0 Å². The van der Waals surface area contributed by atoms with Gasteiger partial charge in [-0.05, 0) is 31.2 Å². The van der Waals surface area contributed by atoms with Crippen molar-refractivity contribution >= 4 is 16.8 Å². The van der Waals surface area contributed by atoms with Crippen LogP contribution in [-0.4, -0.2) is 72.3 Å². The van der Waals surface area contributed by atoms with Gasteiger partial charge in [-0.1, -0.05) is 6.07 Å². The van der Waals surface area contributed by atoms with Gasteiger partial charge < -0.3 is 9.64 Å². The summed E-state index contributed by atoms with van der Waals surface area (Å²) in [5.41, 5.74) is 2.01. The molecule has 1 amide bonds. The molecule has 2 atom stereocenters. The van der Waals surface area contributed by atoms with Gasteiger partial charge in [0.05, 0.1) is 24.2 Å². The summed E-state index contributed by atoms with van der Waals surface area (Å²) < 4.78 is 5.43. The Morgan fingerprint density at radius 1 is 1.52 bits per heavy atom. The molecule has 124 valence electrons. The Kier molecular flexibility index (Phi) is 4.63. The lowest BCUT2D eigenvalue weighted by Crippen LogP contribution is -2.40. The van der Waals surface area contributed by atoms with Crippen LogP contribution in [0.3, 0.4) is 0 Å². The van der Waals surface area contributed by atoms with E-state index >= 15 is 0 Å². The van der Waals surface area contributed by atoms with Crippen molar-refractivity contribution in [3.63, 3.8) is 0 Å². The molecule has 0 spiro atoms. The maximum atomic E-state index is 12.5. The molecule has 2 aromatic rings. The van der Waals surface area contributed by atoms with Crippen molar-refractivity contribution in [3.05, 3.63) is 30.0 Å². The van der Waals surface area contributed by atoms with Gasteiger partial charge in [0.25, 0.3) is 0 Å². The molecule has 1 aromatic carbocycles. The van der Waals surface area contributed by atoms with Gasteiger partial charge in [0.15, 0.2) is 0 Å². The van der Waals surface area contributed by atoms with Crippen molar-refractivity contribution in [2.24, 2.45) is 0 Å². The number of likely N-dealkylation sites (tertiary alicyclic amines) is 1. The van der Waals surface area contributed by atoms with E-state index in [0.29, 0.717) is 12.5 Å². The van der Waals surface area contributed by atoms with Crippen molar-refractivity contribution in [2.45, 2.75) is 25.0 Å². The van der Waals surface area contributed by atoms with Crippen molar-refractivity contribution in [3.8, 4) is 0 Å². The van der Waals surface area contributed by atoms with Crippen molar-refractivity contribution in [2.75, 3.05) is 34.3 Å². The molecule has 1 aliphatic heterocycles. The summed E-state index contributed by atoms with van der Waals surface area (Å²) in [6.07, 6.45) is 3.45. The Balaban J connectivity index is 1.59. The topological polar surface area (TPSA) is 61.5 Å². The molecule has 3 rings (SSSR count). The SMILES string of the molecule is CO[C@H]1C[C@@H](CN(C)C(=O)Cc2ccc3[nH]ncc3c2)N(C)C1. The minimum atomic E-state index is 0.141. The Labute approximate surface area is 136 Å². The average Bonchev–Trinajstić information content (AvgIpc) is 3.13. The number of fused-ring (bicyclic) bond motifs is 1. The molecule has 2 heterocycles. The smallest absolute Gasteiger partial charge is 0.226 e. The zero-order valence-corrected chi connectivity index (χ0v) is 14.0. The fourth-order valence-corrected chi connectivity index (χ4v) is 3.24. The van der Waals surface area contributed by atoms with Gasteiger partial charge in [0, 0.05) is 38.7 Å². The molecule has 0 saturated carbocycles. The highest BCUT2D eigenvalue weighted by molar-refractivity contribution is 5.82. The number of carbonyl (C=O) groups is 1. The number of hydrogen-bond donors (Lipinski definition) is 1. The number of methoxy groups -OCH3 is 1. The lowest BCUT2D eigenvalue weighted by molar-refractivity contribution is -0.129. The Bertz CT molecular complexity index is 684. The van der Waals surface area contributed by atoms with Crippen LogP contribution < -0.4 is 0 Å². The minimum absolute atomic E-state index is 0.141. The number of ether oxygens (including phenoxy) is 1. The van der Waals surface area contributed by atoms with E-state index in [1.807, 2.05) is 30.1 Å². The average molecular weight is 316 g/mol. The van der Waals surface area contributed by atoms with Crippen LogP contribution >= 0.6 is 0 Å². The zero-order valence-electron chi connectivity index (χ0n) is 14.0. The fraction of sp³-hybridized carbons (Fsp3) is 0.529. The highest BCUT2D eigenvalue weighted by Crippen LogP contribution is 2.19. The molecule has 1 N–H and O–H groups in total. The van der Waals surface area contributed by atoms with E-state index in [1.54, 1.807) is 13.3 Å². The number of H-pyrrole nitrogens is 1. The molecule has 1 aliphatic rings. The normalized spacial score (nSPS) is 21.9. The van der Waals surface area contributed by atoms with Crippen LogP contribution in [0, 0.1) is 0 Å². The first-order valence-corrected chi connectivity index (χ1v) is 7.96. The standard InChI is InChI=1S/C17H24N4O2/c1-20-11-15(23-3)8-14(20)10-21(2)17(22)7-12-4-5-16-13(6-12)9-18-19-16/h4-6,9,14-15H,7-8,10-11H2,1-3H3,(H,18,19)/t14-,15-/m0/s1. The van der Waals surface area contributed by atoms with Crippen LogP contribution in [0.25, 0.3) is 10.9 Å². The molecule has 1 saturated heterocycles. The third-order valence-corrected chi connectivity index (χ3v) is 4.75. The maximum Gasteiger partial charge on any atom is 0.226 e. The second kappa shape index (κ2) is 6.68. The first-order chi connectivity index (χ1) is 11.1. The zero-order chi connectivity index (χ0) is 16.4. The molecule has 0 unspecified atom stereocenters. The van der Waals surface area contributed by atoms with E-state index in [0.717, 1.165) is 36.0 Å². The molecule has 1 aromatic heterocycles. The highest BCUT2D eigenvalue weighted by Gasteiger charge is 2.30. The summed E-state index contributed by atoms with van der Waals surface area (Å²) in [4.78, 5) is 16.6.